The average Bonchev–Trinajstić information content (AvgIpc) is 2.87. The fourth-order valence-electron chi connectivity index (χ4n) is 3.59. The molecule has 1 N–H and O–H groups in total. The van der Waals surface area contributed by atoms with Crippen molar-refractivity contribution in [3.8, 4) is 16.9 Å². The lowest BCUT2D eigenvalue weighted by atomic mass is 10.00. The number of benzene rings is 3. The van der Waals surface area contributed by atoms with Gasteiger partial charge in [0.25, 0.3) is 5.91 Å². The minimum atomic E-state index is -4.36. The SMILES string of the molecule is CCOC(=O)CCNC(=O)c1ccc(OC(CC)c2ccc(-c3ccc(C(F)(F)F)cc3)cc2)cc1. The van der Waals surface area contributed by atoms with E-state index in [-0.39, 0.29) is 30.9 Å². The highest BCUT2D eigenvalue weighted by Gasteiger charge is 2.30. The summed E-state index contributed by atoms with van der Waals surface area (Å²) in [5.74, 6) is -0.0620. The zero-order chi connectivity index (χ0) is 26.1. The van der Waals surface area contributed by atoms with Crippen molar-refractivity contribution in [3.63, 3.8) is 0 Å². The van der Waals surface area contributed by atoms with Crippen LogP contribution in [0.5, 0.6) is 5.75 Å². The molecule has 0 aromatic heterocycles. The van der Waals surface area contributed by atoms with E-state index in [2.05, 4.69) is 5.32 Å². The molecule has 0 heterocycles. The summed E-state index contributed by atoms with van der Waals surface area (Å²) in [6, 6.07) is 19.3. The van der Waals surface area contributed by atoms with Crippen molar-refractivity contribution in [2.24, 2.45) is 0 Å². The molecule has 1 unspecified atom stereocenters. The lowest BCUT2D eigenvalue weighted by Gasteiger charge is -2.19. The van der Waals surface area contributed by atoms with Crippen molar-refractivity contribution in [1.29, 1.82) is 0 Å². The molecule has 0 spiro atoms. The Morgan fingerprint density at radius 1 is 0.861 bits per heavy atom. The van der Waals surface area contributed by atoms with Gasteiger partial charge in [0.1, 0.15) is 11.9 Å². The Morgan fingerprint density at radius 2 is 1.44 bits per heavy atom. The Hall–Kier alpha value is -3.81. The number of carbonyl (C=O) groups excluding carboxylic acids is 2. The fourth-order valence-corrected chi connectivity index (χ4v) is 3.59. The van der Waals surface area contributed by atoms with Crippen molar-refractivity contribution < 1.29 is 32.2 Å². The van der Waals surface area contributed by atoms with Gasteiger partial charge in [0.05, 0.1) is 18.6 Å². The van der Waals surface area contributed by atoms with Gasteiger partial charge in [-0.15, -0.1) is 0 Å². The first kappa shape index (κ1) is 26.8. The summed E-state index contributed by atoms with van der Waals surface area (Å²) in [5.41, 5.74) is 2.19. The predicted octanol–water partition coefficient (Wildman–Crippen LogP) is 6.59. The van der Waals surface area contributed by atoms with Crippen molar-refractivity contribution in [2.45, 2.75) is 39.0 Å². The van der Waals surface area contributed by atoms with Crippen molar-refractivity contribution in [1.82, 2.24) is 5.32 Å². The summed E-state index contributed by atoms with van der Waals surface area (Å²) in [6.45, 7) is 4.20. The van der Waals surface area contributed by atoms with Crippen LogP contribution in [-0.4, -0.2) is 25.0 Å². The van der Waals surface area contributed by atoms with E-state index in [0.717, 1.165) is 23.3 Å². The molecule has 0 radical (unpaired) electrons. The standard InChI is InChI=1S/C28H28F3NO4/c1-3-25(21-7-5-19(6-8-21)20-9-13-23(14-10-20)28(29,30)31)36-24-15-11-22(12-16-24)27(34)32-18-17-26(33)35-4-2/h5-16,25H,3-4,17-18H2,1-2H3,(H,32,34). The normalized spacial score (nSPS) is 12.0. The lowest BCUT2D eigenvalue weighted by molar-refractivity contribution is -0.143. The highest BCUT2D eigenvalue weighted by atomic mass is 19.4. The minimum absolute atomic E-state index is 0.108. The zero-order valence-electron chi connectivity index (χ0n) is 20.1. The van der Waals surface area contributed by atoms with Crippen molar-refractivity contribution in [2.75, 3.05) is 13.2 Å². The van der Waals surface area contributed by atoms with Crippen LogP contribution in [0.25, 0.3) is 11.1 Å². The van der Waals surface area contributed by atoms with Crippen LogP contribution < -0.4 is 10.1 Å². The highest BCUT2D eigenvalue weighted by Crippen LogP contribution is 2.32. The van der Waals surface area contributed by atoms with Gasteiger partial charge >= 0.3 is 12.1 Å². The maximum atomic E-state index is 12.8. The highest BCUT2D eigenvalue weighted by molar-refractivity contribution is 5.94. The maximum Gasteiger partial charge on any atom is 0.416 e. The Morgan fingerprint density at radius 3 is 1.97 bits per heavy atom. The number of carbonyl (C=O) groups is 2. The number of alkyl halides is 3. The predicted molar refractivity (Wildman–Crippen MR) is 131 cm³/mol. The molecule has 190 valence electrons. The van der Waals surface area contributed by atoms with Gasteiger partial charge in [0.15, 0.2) is 0 Å². The number of halogens is 3. The Kier molecular flexibility index (Phi) is 9.11. The number of esters is 1. The molecule has 0 aliphatic rings. The third kappa shape index (κ3) is 7.34. The maximum absolute atomic E-state index is 12.8. The molecule has 0 bridgehead atoms. The van der Waals surface area contributed by atoms with Crippen LogP contribution in [0.3, 0.4) is 0 Å². The van der Waals surface area contributed by atoms with Gasteiger partial charge in [0, 0.05) is 12.1 Å². The third-order valence-electron chi connectivity index (χ3n) is 5.51. The Labute approximate surface area is 208 Å². The van der Waals surface area contributed by atoms with E-state index in [0.29, 0.717) is 29.9 Å². The van der Waals surface area contributed by atoms with E-state index in [1.54, 1.807) is 31.2 Å². The van der Waals surface area contributed by atoms with Crippen LogP contribution >= 0.6 is 0 Å². The van der Waals surface area contributed by atoms with Crippen LogP contribution in [0, 0.1) is 0 Å². The molecule has 0 fully saturated rings. The van der Waals surface area contributed by atoms with Gasteiger partial charge in [-0.05, 0) is 66.4 Å². The Balaban J connectivity index is 1.59. The largest absolute Gasteiger partial charge is 0.486 e. The van der Waals surface area contributed by atoms with E-state index in [1.807, 2.05) is 31.2 Å². The van der Waals surface area contributed by atoms with E-state index in [1.165, 1.54) is 12.1 Å². The quantitative estimate of drug-likeness (QED) is 0.320. The first-order chi connectivity index (χ1) is 17.2. The van der Waals surface area contributed by atoms with E-state index in [9.17, 15) is 22.8 Å². The number of amides is 1. The van der Waals surface area contributed by atoms with Crippen LogP contribution in [0.2, 0.25) is 0 Å². The van der Waals surface area contributed by atoms with Crippen LogP contribution in [0.4, 0.5) is 13.2 Å². The van der Waals surface area contributed by atoms with Gasteiger partial charge in [0.2, 0.25) is 0 Å². The minimum Gasteiger partial charge on any atom is -0.486 e. The summed E-state index contributed by atoms with van der Waals surface area (Å²) in [4.78, 5) is 23.6. The molecule has 1 atom stereocenters. The second kappa shape index (κ2) is 12.2. The number of rotatable bonds is 10. The molecule has 1 amide bonds. The molecule has 3 aromatic rings. The van der Waals surface area contributed by atoms with Crippen molar-refractivity contribution >= 4 is 11.9 Å². The van der Waals surface area contributed by atoms with E-state index < -0.39 is 11.7 Å². The molecule has 36 heavy (non-hydrogen) atoms. The molecule has 0 aliphatic heterocycles. The lowest BCUT2D eigenvalue weighted by Crippen LogP contribution is -2.26. The number of ether oxygens (including phenoxy) is 2. The monoisotopic (exact) mass is 499 g/mol. The third-order valence-corrected chi connectivity index (χ3v) is 5.51. The topological polar surface area (TPSA) is 64.6 Å². The molecule has 3 rings (SSSR count). The molecular weight excluding hydrogens is 471 g/mol. The van der Waals surface area contributed by atoms with Gasteiger partial charge < -0.3 is 14.8 Å². The number of hydrogen-bond acceptors (Lipinski definition) is 4. The second-order valence-corrected chi connectivity index (χ2v) is 8.05. The summed E-state index contributed by atoms with van der Waals surface area (Å²) in [5, 5.41) is 2.68. The molecule has 3 aromatic carbocycles. The smallest absolute Gasteiger partial charge is 0.416 e. The van der Waals surface area contributed by atoms with Crippen molar-refractivity contribution in [3.05, 3.63) is 89.5 Å². The molecule has 8 heteroatoms. The summed E-state index contributed by atoms with van der Waals surface area (Å²) >= 11 is 0. The summed E-state index contributed by atoms with van der Waals surface area (Å²) < 4.78 is 49.3. The van der Waals surface area contributed by atoms with Gasteiger partial charge in [-0.2, -0.15) is 13.2 Å². The molecule has 0 aliphatic carbocycles. The number of nitrogens with one attached hydrogen (secondary N) is 1. The molecule has 0 saturated carbocycles. The van der Waals surface area contributed by atoms with Gasteiger partial charge in [-0.25, -0.2) is 0 Å². The van der Waals surface area contributed by atoms with Crippen LogP contribution in [0.15, 0.2) is 72.8 Å². The van der Waals surface area contributed by atoms with Crippen LogP contribution in [0.1, 0.15) is 54.3 Å². The zero-order valence-corrected chi connectivity index (χ0v) is 20.1. The average molecular weight is 500 g/mol. The molecule has 5 nitrogen and oxygen atoms in total. The van der Waals surface area contributed by atoms with E-state index in [4.69, 9.17) is 9.47 Å². The van der Waals surface area contributed by atoms with Gasteiger partial charge in [-0.3, -0.25) is 9.59 Å². The fraction of sp³-hybridized carbons (Fsp3) is 0.286. The first-order valence-electron chi connectivity index (χ1n) is 11.7. The first-order valence-corrected chi connectivity index (χ1v) is 11.7. The summed E-state index contributed by atoms with van der Waals surface area (Å²) in [6.07, 6.45) is -3.80. The summed E-state index contributed by atoms with van der Waals surface area (Å²) in [7, 11) is 0. The second-order valence-electron chi connectivity index (χ2n) is 8.05. The van der Waals surface area contributed by atoms with Crippen LogP contribution in [-0.2, 0) is 15.7 Å². The van der Waals surface area contributed by atoms with E-state index >= 15 is 0 Å². The molecule has 0 saturated heterocycles. The Bertz CT molecular complexity index is 1140. The van der Waals surface area contributed by atoms with Gasteiger partial charge in [-0.1, -0.05) is 43.3 Å². The number of hydrogen-bond donors (Lipinski definition) is 1. The molecular formula is C28H28F3NO4.